The fourth-order valence-electron chi connectivity index (χ4n) is 3.14. The molecule has 0 bridgehead atoms. The van der Waals surface area contributed by atoms with Gasteiger partial charge in [-0.15, -0.1) is 0 Å². The highest BCUT2D eigenvalue weighted by Crippen LogP contribution is 2.08. The molecule has 0 unspecified atom stereocenters. The van der Waals surface area contributed by atoms with Gasteiger partial charge in [0, 0.05) is 45.6 Å². The van der Waals surface area contributed by atoms with E-state index in [1.165, 1.54) is 28.8 Å². The molecule has 0 aliphatic carbocycles. The maximum atomic E-state index is 13.1. The topological polar surface area (TPSA) is 60.5 Å². The van der Waals surface area contributed by atoms with Gasteiger partial charge >= 0.3 is 0 Å². The summed E-state index contributed by atoms with van der Waals surface area (Å²) in [5, 5.41) is 12.8. The average Bonchev–Trinajstić information content (AvgIpc) is 2.83. The predicted octanol–water partition coefficient (Wildman–Crippen LogP) is 5.22. The molecule has 0 saturated heterocycles. The number of hydrogen-bond donors (Lipinski definition) is 4. The van der Waals surface area contributed by atoms with Crippen molar-refractivity contribution in [2.24, 2.45) is 4.99 Å². The van der Waals surface area contributed by atoms with Crippen LogP contribution in [0.3, 0.4) is 0 Å². The molecule has 2 aromatic carbocycles. The van der Waals surface area contributed by atoms with E-state index < -0.39 is 0 Å². The smallest absolute Gasteiger partial charge is 0.123 e. The third-order valence-electron chi connectivity index (χ3n) is 5.22. The van der Waals surface area contributed by atoms with Gasteiger partial charge in [-0.05, 0) is 62.9 Å². The molecule has 0 atom stereocenters. The first-order valence-corrected chi connectivity index (χ1v) is 11.9. The van der Waals surface area contributed by atoms with Crippen molar-refractivity contribution in [3.63, 3.8) is 0 Å². The van der Waals surface area contributed by atoms with Gasteiger partial charge < -0.3 is 21.3 Å². The van der Waals surface area contributed by atoms with Crippen molar-refractivity contribution >= 4 is 6.21 Å². The quantitative estimate of drug-likeness (QED) is 0.249. The molecule has 0 spiro atoms. The highest BCUT2D eigenvalue weighted by molar-refractivity contribution is 5.78. The van der Waals surface area contributed by atoms with Crippen molar-refractivity contribution in [2.75, 3.05) is 27.2 Å². The Bertz CT molecular complexity index is 1000. The zero-order chi connectivity index (χ0) is 26.1. The Balaban J connectivity index is 0.000000579. The maximum Gasteiger partial charge on any atom is 0.123 e. The first kappa shape index (κ1) is 29.5. The second-order valence-electron chi connectivity index (χ2n) is 8.38. The van der Waals surface area contributed by atoms with Gasteiger partial charge in [0.05, 0.1) is 11.5 Å². The fourth-order valence-corrected chi connectivity index (χ4v) is 3.14. The number of nitrogens with zero attached hydrogens (tertiary/aromatic N) is 1. The molecule has 0 radical (unpaired) electrons. The molecule has 5 nitrogen and oxygen atoms in total. The van der Waals surface area contributed by atoms with Gasteiger partial charge in [0.15, 0.2) is 0 Å². The van der Waals surface area contributed by atoms with E-state index >= 15 is 0 Å². The van der Waals surface area contributed by atoms with Crippen LogP contribution >= 0.6 is 0 Å². The molecule has 0 heterocycles. The molecule has 6 heteroatoms. The lowest BCUT2D eigenvalue weighted by Gasteiger charge is -2.13. The highest BCUT2D eigenvalue weighted by atomic mass is 19.1. The van der Waals surface area contributed by atoms with E-state index in [9.17, 15) is 4.39 Å². The summed E-state index contributed by atoms with van der Waals surface area (Å²) >= 11 is 0. The third-order valence-corrected chi connectivity index (χ3v) is 5.22. The summed E-state index contributed by atoms with van der Waals surface area (Å²) in [4.78, 5) is 3.88. The van der Waals surface area contributed by atoms with Gasteiger partial charge in [-0.3, -0.25) is 4.99 Å². The number of rotatable bonds is 12. The summed E-state index contributed by atoms with van der Waals surface area (Å²) in [5.74, 6) is 0.512. The number of benzene rings is 2. The van der Waals surface area contributed by atoms with Crippen molar-refractivity contribution in [3.8, 4) is 0 Å². The summed E-state index contributed by atoms with van der Waals surface area (Å²) in [6.07, 6.45) is 4.95. The van der Waals surface area contributed by atoms with E-state index in [0.29, 0.717) is 6.54 Å². The molecular weight excluding hydrogens is 437 g/mol. The second-order valence-corrected chi connectivity index (χ2v) is 8.38. The number of aliphatic imine (C=N–C) groups is 1. The van der Waals surface area contributed by atoms with Crippen molar-refractivity contribution < 1.29 is 4.39 Å². The van der Waals surface area contributed by atoms with E-state index in [0.717, 1.165) is 42.3 Å². The molecule has 4 N–H and O–H groups in total. The van der Waals surface area contributed by atoms with Crippen LogP contribution in [0.4, 0.5) is 4.39 Å². The molecular formula is C29H42FN5. The Kier molecular flexibility index (Phi) is 14.3. The maximum absolute atomic E-state index is 13.1. The third kappa shape index (κ3) is 13.1. The molecule has 2 rings (SSSR count). The molecule has 190 valence electrons. The monoisotopic (exact) mass is 479 g/mol. The van der Waals surface area contributed by atoms with Crippen LogP contribution in [0, 0.1) is 12.7 Å². The van der Waals surface area contributed by atoms with Gasteiger partial charge in [0.25, 0.3) is 0 Å². The van der Waals surface area contributed by atoms with Gasteiger partial charge in [0.2, 0.25) is 0 Å². The predicted molar refractivity (Wildman–Crippen MR) is 149 cm³/mol. The zero-order valence-electron chi connectivity index (χ0n) is 22.1. The summed E-state index contributed by atoms with van der Waals surface area (Å²) < 4.78 is 13.1. The molecule has 0 amide bonds. The minimum Gasteiger partial charge on any atom is -0.387 e. The van der Waals surface area contributed by atoms with Crippen LogP contribution < -0.4 is 21.3 Å². The minimum atomic E-state index is -0.222. The molecule has 0 aliphatic heterocycles. The first-order chi connectivity index (χ1) is 16.8. The van der Waals surface area contributed by atoms with Gasteiger partial charge in [-0.25, -0.2) is 4.39 Å². The molecule has 2 aromatic rings. The number of allylic oxidation sites excluding steroid dienone is 4. The van der Waals surface area contributed by atoms with E-state index in [4.69, 9.17) is 0 Å². The molecule has 0 fully saturated rings. The number of nitrogens with one attached hydrogen (secondary N) is 4. The van der Waals surface area contributed by atoms with Crippen molar-refractivity contribution in [2.45, 2.75) is 40.7 Å². The van der Waals surface area contributed by atoms with Gasteiger partial charge in [-0.1, -0.05) is 54.6 Å². The Hall–Kier alpha value is -3.54. The van der Waals surface area contributed by atoms with E-state index in [2.05, 4.69) is 77.0 Å². The molecule has 35 heavy (non-hydrogen) atoms. The Labute approximate surface area is 211 Å². The largest absolute Gasteiger partial charge is 0.387 e. The Morgan fingerprint density at radius 2 is 1.71 bits per heavy atom. The van der Waals surface area contributed by atoms with E-state index in [1.54, 1.807) is 13.1 Å². The minimum absolute atomic E-state index is 0.222. The SMILES string of the molecule is C=C(NCCN/C(C)=C/Cc1ccccc1C)NCc1cccc(F)c1.CN=CC(NC)=C(C)C. The van der Waals surface area contributed by atoms with Crippen LogP contribution in [0.2, 0.25) is 0 Å². The van der Waals surface area contributed by atoms with Crippen LogP contribution in [0.5, 0.6) is 0 Å². The van der Waals surface area contributed by atoms with Gasteiger partial charge in [-0.2, -0.15) is 0 Å². The number of halogens is 1. The number of hydrogen-bond acceptors (Lipinski definition) is 5. The van der Waals surface area contributed by atoms with E-state index in [-0.39, 0.29) is 5.82 Å². The lowest BCUT2D eigenvalue weighted by Crippen LogP contribution is -2.31. The summed E-state index contributed by atoms with van der Waals surface area (Å²) in [7, 11) is 3.66. The molecule has 0 aromatic heterocycles. The normalized spacial score (nSPS) is 10.8. The van der Waals surface area contributed by atoms with Crippen molar-refractivity contribution in [3.05, 3.63) is 106 Å². The lowest BCUT2D eigenvalue weighted by molar-refractivity contribution is 0.620. The standard InChI is InChI=1S/C22H28FN3.C7H14N2/c1-17-7-4-5-9-21(17)12-11-18(2)24-13-14-25-19(3)26-16-20-8-6-10-22(23)15-20;1-6(2)7(9-4)5-8-3/h4-11,15,24-26H,3,12-14,16H2,1-2H3;5,9H,1-4H3/b18-11+;. The first-order valence-electron chi connectivity index (χ1n) is 11.9. The van der Waals surface area contributed by atoms with Crippen molar-refractivity contribution in [1.82, 2.24) is 21.3 Å². The van der Waals surface area contributed by atoms with Crippen LogP contribution in [-0.2, 0) is 13.0 Å². The fraction of sp³-hybridized carbons (Fsp3) is 0.345. The molecule has 0 aliphatic rings. The number of aryl methyl sites for hydroxylation is 1. The van der Waals surface area contributed by atoms with Crippen molar-refractivity contribution in [1.29, 1.82) is 0 Å². The lowest BCUT2D eigenvalue weighted by atomic mass is 10.1. The van der Waals surface area contributed by atoms with Crippen LogP contribution in [0.1, 0.15) is 37.5 Å². The highest BCUT2D eigenvalue weighted by Gasteiger charge is 1.98. The average molecular weight is 480 g/mol. The van der Waals surface area contributed by atoms with Crippen LogP contribution in [0.25, 0.3) is 0 Å². The molecule has 0 saturated carbocycles. The summed E-state index contributed by atoms with van der Waals surface area (Å²) in [6.45, 7) is 14.4. The summed E-state index contributed by atoms with van der Waals surface area (Å²) in [5.41, 5.74) is 7.07. The summed E-state index contributed by atoms with van der Waals surface area (Å²) in [6, 6.07) is 15.0. The zero-order valence-corrected chi connectivity index (χ0v) is 22.1. The van der Waals surface area contributed by atoms with Gasteiger partial charge in [0.1, 0.15) is 5.82 Å². The Morgan fingerprint density at radius 3 is 2.31 bits per heavy atom. The van der Waals surface area contributed by atoms with E-state index in [1.807, 2.05) is 33.2 Å². The van der Waals surface area contributed by atoms with Crippen LogP contribution in [0.15, 0.2) is 89.0 Å². The van der Waals surface area contributed by atoms with Crippen LogP contribution in [-0.4, -0.2) is 33.4 Å². The Morgan fingerprint density at radius 1 is 1.00 bits per heavy atom. The second kappa shape index (κ2) is 17.0.